The fourth-order valence-electron chi connectivity index (χ4n) is 5.84. The molecule has 2 saturated heterocycles. The fraction of sp³-hybridized carbons (Fsp3) is 0.400. The van der Waals surface area contributed by atoms with E-state index in [9.17, 15) is 19.2 Å². The summed E-state index contributed by atoms with van der Waals surface area (Å²) in [4.78, 5) is 60.7. The first kappa shape index (κ1) is 36.3. The molecule has 2 aromatic heterocycles. The first-order chi connectivity index (χ1) is 25.2. The maximum atomic E-state index is 12.8. The second-order valence-electron chi connectivity index (χ2n) is 12.1. The summed E-state index contributed by atoms with van der Waals surface area (Å²) in [7, 11) is 0. The number of benzene rings is 2. The molecule has 3 amide bonds. The Kier molecular flexibility index (Phi) is 11.6. The maximum absolute atomic E-state index is 12.8. The van der Waals surface area contributed by atoms with Gasteiger partial charge in [0.1, 0.15) is 31.2 Å². The Hall–Kier alpha value is -5.49. The molecule has 2 aromatic carbocycles. The summed E-state index contributed by atoms with van der Waals surface area (Å²) in [5, 5.41) is 11.5. The molecule has 2 aliphatic heterocycles. The van der Waals surface area contributed by atoms with E-state index >= 15 is 0 Å². The number of nitrogens with zero attached hydrogens (tertiary/aromatic N) is 4. The van der Waals surface area contributed by atoms with Crippen LogP contribution < -0.4 is 21.3 Å². The second-order valence-corrected chi connectivity index (χ2v) is 12.1. The van der Waals surface area contributed by atoms with Gasteiger partial charge in [0.25, 0.3) is 6.48 Å². The van der Waals surface area contributed by atoms with Gasteiger partial charge in [0, 0.05) is 44.9 Å². The number of amides is 3. The van der Waals surface area contributed by atoms with Crippen molar-refractivity contribution in [2.45, 2.75) is 64.6 Å². The molecule has 6 rings (SSSR count). The molecule has 0 radical (unpaired) electrons. The smallest absolute Gasteiger partial charge is 0.302 e. The standard InChI is InChI=1S/C35H40N8O9/c1-4-48-35-51-30-26(17-49-21(3)45)50-34(31(30)52-35)43-19-40-29-32(38-18-39-33(29)43)42-25-11-7-23(8-12-25)16-28(47)41-24-9-5-22(6-10-24)15-27(46)37-14-13-36-20(2)44/h5-12,18-19,26,30-31,34-35H,4,13-17H2,1-3H3,(H,36,44)(H,37,46)(H,41,47)(H,38,39,42)/t26-,30-,31-,34-,35?/m1/s1. The monoisotopic (exact) mass is 716 g/mol. The summed E-state index contributed by atoms with van der Waals surface area (Å²) in [6.07, 6.45) is 0.937. The largest absolute Gasteiger partial charge is 0.463 e. The van der Waals surface area contributed by atoms with E-state index in [0.29, 0.717) is 42.4 Å². The Balaban J connectivity index is 1.04. The molecule has 17 nitrogen and oxygen atoms in total. The number of carbonyl (C=O) groups is 4. The molecule has 52 heavy (non-hydrogen) atoms. The number of hydrogen-bond acceptors (Lipinski definition) is 13. The zero-order valence-corrected chi connectivity index (χ0v) is 28.9. The Morgan fingerprint density at radius 2 is 1.48 bits per heavy atom. The lowest BCUT2D eigenvalue weighted by Crippen LogP contribution is -2.34. The van der Waals surface area contributed by atoms with Gasteiger partial charge < -0.3 is 45.0 Å². The summed E-state index contributed by atoms with van der Waals surface area (Å²) >= 11 is 0. The highest BCUT2D eigenvalue weighted by atomic mass is 16.9. The lowest BCUT2D eigenvalue weighted by molar-refractivity contribution is -0.266. The third-order valence-electron chi connectivity index (χ3n) is 8.21. The van der Waals surface area contributed by atoms with Crippen LogP contribution >= 0.6 is 0 Å². The zero-order valence-electron chi connectivity index (χ0n) is 28.9. The third kappa shape index (κ3) is 9.05. The van der Waals surface area contributed by atoms with E-state index in [1.54, 1.807) is 35.2 Å². The molecule has 2 aliphatic rings. The van der Waals surface area contributed by atoms with E-state index in [0.717, 1.165) is 16.8 Å². The van der Waals surface area contributed by atoms with Crippen molar-refractivity contribution in [3.05, 3.63) is 72.3 Å². The highest BCUT2D eigenvalue weighted by Gasteiger charge is 2.54. The van der Waals surface area contributed by atoms with Crippen LogP contribution in [-0.2, 0) is 55.7 Å². The number of carbonyl (C=O) groups excluding carboxylic acids is 4. The fourth-order valence-corrected chi connectivity index (χ4v) is 5.84. The average molecular weight is 717 g/mol. The summed E-state index contributed by atoms with van der Waals surface area (Å²) in [6, 6.07) is 14.4. The third-order valence-corrected chi connectivity index (χ3v) is 8.21. The van der Waals surface area contributed by atoms with Gasteiger partial charge in [-0.15, -0.1) is 0 Å². The number of fused-ring (bicyclic) bond motifs is 2. The number of aromatic nitrogens is 4. The number of rotatable bonds is 15. The molecule has 4 N–H and O–H groups in total. The van der Waals surface area contributed by atoms with Crippen LogP contribution in [0.5, 0.6) is 0 Å². The van der Waals surface area contributed by atoms with Crippen LogP contribution in [-0.4, -0.2) is 94.3 Å². The molecular formula is C35H40N8O9. The molecule has 4 aromatic rings. The molecule has 0 bridgehead atoms. The van der Waals surface area contributed by atoms with Crippen molar-refractivity contribution < 1.29 is 42.9 Å². The molecular weight excluding hydrogens is 676 g/mol. The minimum atomic E-state index is -0.880. The number of imidazole rings is 1. The topological polar surface area (TPSA) is 206 Å². The Morgan fingerprint density at radius 1 is 0.808 bits per heavy atom. The van der Waals surface area contributed by atoms with E-state index in [4.69, 9.17) is 23.7 Å². The summed E-state index contributed by atoms with van der Waals surface area (Å²) in [6.45, 7) is 4.79. The van der Waals surface area contributed by atoms with Crippen molar-refractivity contribution in [3.8, 4) is 0 Å². The lowest BCUT2D eigenvalue weighted by Gasteiger charge is -2.20. The van der Waals surface area contributed by atoms with Gasteiger partial charge in [-0.25, -0.2) is 15.0 Å². The molecule has 2 fully saturated rings. The van der Waals surface area contributed by atoms with Crippen molar-refractivity contribution in [1.82, 2.24) is 30.2 Å². The van der Waals surface area contributed by atoms with E-state index in [2.05, 4.69) is 36.2 Å². The van der Waals surface area contributed by atoms with Crippen LogP contribution in [0.4, 0.5) is 17.2 Å². The Bertz CT molecular complexity index is 1890. The highest BCUT2D eigenvalue weighted by Crippen LogP contribution is 2.41. The maximum Gasteiger partial charge on any atom is 0.302 e. The molecule has 0 spiro atoms. The molecule has 5 atom stereocenters. The Morgan fingerprint density at radius 3 is 2.17 bits per heavy atom. The number of esters is 1. The van der Waals surface area contributed by atoms with E-state index < -0.39 is 37.0 Å². The van der Waals surface area contributed by atoms with Crippen molar-refractivity contribution >= 4 is 52.0 Å². The normalized spacial score (nSPS) is 20.6. The SMILES string of the molecule is CCOC1O[C@@H]2[C@H](O1)[C@@H](COC(C)=O)O[C@H]2n1cnc2c(Nc3ccc(CC(=O)Nc4ccc(CC(=O)NCCNC(C)=O)cc4)cc3)ncnc21. The Labute approximate surface area is 298 Å². The number of anilines is 3. The molecule has 0 saturated carbocycles. The van der Waals surface area contributed by atoms with Crippen molar-refractivity contribution in [2.75, 3.05) is 36.9 Å². The number of ether oxygens (including phenoxy) is 5. The van der Waals surface area contributed by atoms with Gasteiger partial charge in [-0.3, -0.25) is 23.7 Å². The van der Waals surface area contributed by atoms with Gasteiger partial charge >= 0.3 is 5.97 Å². The number of nitrogens with one attached hydrogen (secondary N) is 4. The van der Waals surface area contributed by atoms with Gasteiger partial charge in [0.2, 0.25) is 17.7 Å². The average Bonchev–Trinajstić information content (AvgIpc) is 3.82. The van der Waals surface area contributed by atoms with Gasteiger partial charge in [-0.2, -0.15) is 0 Å². The van der Waals surface area contributed by atoms with Crippen LogP contribution in [0.15, 0.2) is 61.2 Å². The van der Waals surface area contributed by atoms with Crippen molar-refractivity contribution in [3.63, 3.8) is 0 Å². The van der Waals surface area contributed by atoms with Crippen LogP contribution in [0.3, 0.4) is 0 Å². The number of hydrogen-bond donors (Lipinski definition) is 4. The molecule has 274 valence electrons. The lowest BCUT2D eigenvalue weighted by atomic mass is 10.1. The van der Waals surface area contributed by atoms with Crippen LogP contribution in [0.1, 0.15) is 38.1 Å². The van der Waals surface area contributed by atoms with Crippen molar-refractivity contribution in [2.24, 2.45) is 0 Å². The molecule has 4 heterocycles. The van der Waals surface area contributed by atoms with Gasteiger partial charge in [-0.1, -0.05) is 24.3 Å². The minimum Gasteiger partial charge on any atom is -0.463 e. The summed E-state index contributed by atoms with van der Waals surface area (Å²) in [5.74, 6) is -0.473. The van der Waals surface area contributed by atoms with Crippen LogP contribution in [0.25, 0.3) is 11.2 Å². The predicted molar refractivity (Wildman–Crippen MR) is 185 cm³/mol. The summed E-state index contributed by atoms with van der Waals surface area (Å²) < 4.78 is 30.7. The van der Waals surface area contributed by atoms with E-state index in [1.165, 1.54) is 20.2 Å². The minimum absolute atomic E-state index is 0.0137. The van der Waals surface area contributed by atoms with E-state index in [-0.39, 0.29) is 37.2 Å². The van der Waals surface area contributed by atoms with Crippen LogP contribution in [0, 0.1) is 0 Å². The quantitative estimate of drug-likeness (QED) is 0.103. The van der Waals surface area contributed by atoms with Gasteiger partial charge in [0.05, 0.1) is 19.2 Å². The van der Waals surface area contributed by atoms with Crippen LogP contribution in [0.2, 0.25) is 0 Å². The van der Waals surface area contributed by atoms with E-state index in [1.807, 2.05) is 31.2 Å². The predicted octanol–water partition coefficient (Wildman–Crippen LogP) is 2.11. The van der Waals surface area contributed by atoms with Gasteiger partial charge in [0.15, 0.2) is 23.2 Å². The highest BCUT2D eigenvalue weighted by molar-refractivity contribution is 5.92. The van der Waals surface area contributed by atoms with Gasteiger partial charge in [-0.05, 0) is 42.3 Å². The summed E-state index contributed by atoms with van der Waals surface area (Å²) in [5.41, 5.74) is 3.91. The molecule has 17 heteroatoms. The second kappa shape index (κ2) is 16.7. The zero-order chi connectivity index (χ0) is 36.6. The molecule has 1 unspecified atom stereocenters. The first-order valence-electron chi connectivity index (χ1n) is 16.8. The first-order valence-corrected chi connectivity index (χ1v) is 16.8. The van der Waals surface area contributed by atoms with Crippen molar-refractivity contribution in [1.29, 1.82) is 0 Å². The molecule has 0 aliphatic carbocycles.